The summed E-state index contributed by atoms with van der Waals surface area (Å²) in [5.41, 5.74) is 0.804. The number of phenols is 1. The van der Waals surface area contributed by atoms with Crippen molar-refractivity contribution in [3.05, 3.63) is 57.9 Å². The zero-order valence-electron chi connectivity index (χ0n) is 18.3. The minimum Gasteiger partial charge on any atom is -0.507 e. The average Bonchev–Trinajstić information content (AvgIpc) is 2.76. The molecule has 1 saturated heterocycles. The number of para-hydroxylation sites is 2. The summed E-state index contributed by atoms with van der Waals surface area (Å²) in [5.74, 6) is 2.38. The number of piperidine rings is 1. The highest BCUT2D eigenvalue weighted by molar-refractivity contribution is 5.83. The Hall–Kier alpha value is -2.99. The first-order valence-electron chi connectivity index (χ1n) is 10.9. The van der Waals surface area contributed by atoms with E-state index in [1.54, 1.807) is 31.2 Å². The molecule has 2 heterocycles. The quantitative estimate of drug-likeness (QED) is 0.585. The van der Waals surface area contributed by atoms with Crippen LogP contribution in [0.4, 0.5) is 0 Å². The number of aromatic hydroxyl groups is 1. The molecule has 1 N–H and O–H groups in total. The molecule has 0 atom stereocenters. The Labute approximate surface area is 182 Å². The number of phenolic OH excluding ortho intramolecular Hbond substituents is 1. The molecule has 0 aliphatic carbocycles. The molecule has 4 rings (SSSR count). The molecule has 0 amide bonds. The molecule has 1 fully saturated rings. The van der Waals surface area contributed by atoms with E-state index in [-0.39, 0.29) is 16.9 Å². The zero-order valence-corrected chi connectivity index (χ0v) is 18.3. The second kappa shape index (κ2) is 9.02. The predicted molar refractivity (Wildman–Crippen MR) is 120 cm³/mol. The molecular formula is C25H29NO5. The highest BCUT2D eigenvalue weighted by Gasteiger charge is 2.22. The maximum atomic E-state index is 13.3. The van der Waals surface area contributed by atoms with Gasteiger partial charge in [-0.2, -0.15) is 0 Å². The van der Waals surface area contributed by atoms with E-state index in [1.807, 2.05) is 19.1 Å². The van der Waals surface area contributed by atoms with Crippen LogP contribution < -0.4 is 14.9 Å². The second-order valence-corrected chi connectivity index (χ2v) is 8.20. The van der Waals surface area contributed by atoms with Gasteiger partial charge in [0.25, 0.3) is 0 Å². The van der Waals surface area contributed by atoms with Gasteiger partial charge in [0.15, 0.2) is 11.5 Å². The van der Waals surface area contributed by atoms with E-state index in [1.165, 1.54) is 0 Å². The first kappa shape index (κ1) is 21.2. The van der Waals surface area contributed by atoms with Gasteiger partial charge in [0.05, 0.1) is 17.6 Å². The van der Waals surface area contributed by atoms with E-state index in [0.717, 1.165) is 31.8 Å². The Balaban J connectivity index is 1.72. The molecule has 2 aromatic carbocycles. The van der Waals surface area contributed by atoms with Gasteiger partial charge in [-0.05, 0) is 70.0 Å². The van der Waals surface area contributed by atoms with E-state index < -0.39 is 0 Å². The van der Waals surface area contributed by atoms with Gasteiger partial charge in [-0.15, -0.1) is 0 Å². The van der Waals surface area contributed by atoms with Crippen LogP contribution in [0, 0.1) is 12.8 Å². The van der Waals surface area contributed by atoms with E-state index in [0.29, 0.717) is 46.9 Å². The summed E-state index contributed by atoms with van der Waals surface area (Å²) in [7, 11) is 0. The lowest BCUT2D eigenvalue weighted by Gasteiger charge is -2.30. The maximum Gasteiger partial charge on any atom is 0.235 e. The Kier molecular flexibility index (Phi) is 6.18. The highest BCUT2D eigenvalue weighted by Crippen LogP contribution is 2.35. The van der Waals surface area contributed by atoms with E-state index in [2.05, 4.69) is 11.8 Å². The lowest BCUT2D eigenvalue weighted by molar-refractivity contribution is 0.183. The fourth-order valence-electron chi connectivity index (χ4n) is 4.03. The molecule has 6 nitrogen and oxygen atoms in total. The summed E-state index contributed by atoms with van der Waals surface area (Å²) in [6, 6.07) is 10.4. The van der Waals surface area contributed by atoms with Crippen molar-refractivity contribution in [2.45, 2.75) is 40.2 Å². The first-order valence-corrected chi connectivity index (χ1v) is 10.9. The van der Waals surface area contributed by atoms with Crippen LogP contribution in [-0.2, 0) is 6.54 Å². The van der Waals surface area contributed by atoms with Crippen molar-refractivity contribution in [1.29, 1.82) is 0 Å². The molecule has 1 aliphatic heterocycles. The van der Waals surface area contributed by atoms with Gasteiger partial charge in [-0.25, -0.2) is 0 Å². The van der Waals surface area contributed by atoms with Crippen LogP contribution in [0.1, 0.15) is 38.0 Å². The summed E-state index contributed by atoms with van der Waals surface area (Å²) < 4.78 is 17.6. The average molecular weight is 424 g/mol. The molecule has 0 saturated carbocycles. The second-order valence-electron chi connectivity index (χ2n) is 8.20. The summed E-state index contributed by atoms with van der Waals surface area (Å²) in [5, 5.41) is 10.9. The smallest absolute Gasteiger partial charge is 0.235 e. The lowest BCUT2D eigenvalue weighted by Crippen LogP contribution is -2.32. The molecular weight excluding hydrogens is 394 g/mol. The number of benzene rings is 2. The number of hydrogen-bond acceptors (Lipinski definition) is 6. The van der Waals surface area contributed by atoms with Crippen LogP contribution in [0.3, 0.4) is 0 Å². The van der Waals surface area contributed by atoms with E-state index >= 15 is 0 Å². The normalized spacial score (nSPS) is 15.3. The Bertz CT molecular complexity index is 1130. The Morgan fingerprint density at radius 1 is 1.13 bits per heavy atom. The molecule has 164 valence electrons. The molecule has 6 heteroatoms. The standard InChI is InChI=1S/C25H29NO5/c1-4-29-21-7-5-6-8-22(21)31-24-17(3)30-25-18(23(24)28)9-10-20(27)19(25)15-26-13-11-16(2)12-14-26/h5-10,16,27H,4,11-15H2,1-3H3. The van der Waals surface area contributed by atoms with Crippen molar-refractivity contribution in [1.82, 2.24) is 4.90 Å². The lowest BCUT2D eigenvalue weighted by atomic mass is 9.98. The van der Waals surface area contributed by atoms with E-state index in [9.17, 15) is 9.90 Å². The van der Waals surface area contributed by atoms with Crippen LogP contribution in [0.25, 0.3) is 11.0 Å². The van der Waals surface area contributed by atoms with Crippen molar-refractivity contribution >= 4 is 11.0 Å². The minimum absolute atomic E-state index is 0.128. The number of likely N-dealkylation sites (tertiary alicyclic amines) is 1. The summed E-state index contributed by atoms with van der Waals surface area (Å²) >= 11 is 0. The summed E-state index contributed by atoms with van der Waals surface area (Å²) in [6.07, 6.45) is 2.26. The predicted octanol–water partition coefficient (Wildman–Crippen LogP) is 5.23. The van der Waals surface area contributed by atoms with Crippen molar-refractivity contribution in [2.75, 3.05) is 19.7 Å². The third-order valence-electron chi connectivity index (χ3n) is 5.88. The summed E-state index contributed by atoms with van der Waals surface area (Å²) in [4.78, 5) is 15.6. The van der Waals surface area contributed by atoms with Crippen molar-refractivity contribution in [3.63, 3.8) is 0 Å². The largest absolute Gasteiger partial charge is 0.507 e. The van der Waals surface area contributed by atoms with Crippen LogP contribution in [-0.4, -0.2) is 29.7 Å². The molecule has 0 spiro atoms. The first-order chi connectivity index (χ1) is 15.0. The van der Waals surface area contributed by atoms with Gasteiger partial charge in [0.2, 0.25) is 11.2 Å². The van der Waals surface area contributed by atoms with Gasteiger partial charge in [-0.3, -0.25) is 9.69 Å². The number of ether oxygens (including phenoxy) is 2. The van der Waals surface area contributed by atoms with Crippen LogP contribution in [0.2, 0.25) is 0 Å². The van der Waals surface area contributed by atoms with Crippen molar-refractivity contribution < 1.29 is 19.0 Å². The van der Waals surface area contributed by atoms with Crippen molar-refractivity contribution in [2.24, 2.45) is 5.92 Å². The SMILES string of the molecule is CCOc1ccccc1Oc1c(C)oc2c(CN3CCC(C)CC3)c(O)ccc2c1=O. The maximum absolute atomic E-state index is 13.3. The van der Waals surface area contributed by atoms with Gasteiger partial charge < -0.3 is 19.0 Å². The van der Waals surface area contributed by atoms with Gasteiger partial charge in [-0.1, -0.05) is 19.1 Å². The molecule has 3 aromatic rings. The number of hydrogen-bond donors (Lipinski definition) is 1. The molecule has 1 aromatic heterocycles. The molecule has 1 aliphatic rings. The number of nitrogens with zero attached hydrogens (tertiary/aromatic N) is 1. The van der Waals surface area contributed by atoms with Gasteiger partial charge >= 0.3 is 0 Å². The molecule has 31 heavy (non-hydrogen) atoms. The molecule has 0 bridgehead atoms. The Morgan fingerprint density at radius 2 is 1.84 bits per heavy atom. The van der Waals surface area contributed by atoms with Crippen LogP contribution in [0.15, 0.2) is 45.6 Å². The fraction of sp³-hybridized carbons (Fsp3) is 0.400. The molecule has 0 radical (unpaired) electrons. The third kappa shape index (κ3) is 4.39. The third-order valence-corrected chi connectivity index (χ3v) is 5.88. The monoisotopic (exact) mass is 423 g/mol. The zero-order chi connectivity index (χ0) is 22.0. The van der Waals surface area contributed by atoms with Gasteiger partial charge in [0.1, 0.15) is 17.1 Å². The fourth-order valence-corrected chi connectivity index (χ4v) is 4.03. The van der Waals surface area contributed by atoms with Crippen LogP contribution >= 0.6 is 0 Å². The topological polar surface area (TPSA) is 72.1 Å². The summed E-state index contributed by atoms with van der Waals surface area (Å²) in [6.45, 7) is 8.83. The van der Waals surface area contributed by atoms with Gasteiger partial charge in [0, 0.05) is 6.54 Å². The van der Waals surface area contributed by atoms with Crippen LogP contribution in [0.5, 0.6) is 23.0 Å². The number of aryl methyl sites for hydroxylation is 1. The Morgan fingerprint density at radius 3 is 2.55 bits per heavy atom. The number of rotatable bonds is 6. The minimum atomic E-state index is -0.265. The highest BCUT2D eigenvalue weighted by atomic mass is 16.5. The number of fused-ring (bicyclic) bond motifs is 1. The molecule has 0 unspecified atom stereocenters. The van der Waals surface area contributed by atoms with E-state index in [4.69, 9.17) is 13.9 Å². The van der Waals surface area contributed by atoms with Crippen molar-refractivity contribution in [3.8, 4) is 23.0 Å².